The van der Waals surface area contributed by atoms with Crippen LogP contribution in [0.15, 0.2) is 36.8 Å². The van der Waals surface area contributed by atoms with Crippen LogP contribution < -0.4 is 11.2 Å². The number of carbonyl (C=O) groups excluding carboxylic acids is 2. The fraction of sp³-hybridized carbons (Fsp3) is 0.300. The van der Waals surface area contributed by atoms with Crippen LogP contribution in [0.3, 0.4) is 0 Å². The number of hydrogen-bond acceptors (Lipinski definition) is 7. The van der Waals surface area contributed by atoms with E-state index in [1.165, 1.54) is 12.4 Å². The van der Waals surface area contributed by atoms with Crippen LogP contribution in [-0.2, 0) is 15.7 Å². The molecule has 0 spiro atoms. The van der Waals surface area contributed by atoms with Gasteiger partial charge in [-0.1, -0.05) is 0 Å². The number of anilines is 2. The van der Waals surface area contributed by atoms with Crippen molar-refractivity contribution < 1.29 is 27.5 Å². The zero-order valence-corrected chi connectivity index (χ0v) is 17.5. The van der Waals surface area contributed by atoms with E-state index in [0.29, 0.717) is 17.5 Å². The van der Waals surface area contributed by atoms with Crippen molar-refractivity contribution >= 4 is 29.7 Å². The predicted molar refractivity (Wildman–Crippen MR) is 110 cm³/mol. The second-order valence-electron chi connectivity index (χ2n) is 7.83. The summed E-state index contributed by atoms with van der Waals surface area (Å²) in [5.41, 5.74) is 7.38. The molecule has 3 rings (SSSR count). The summed E-state index contributed by atoms with van der Waals surface area (Å²) in [5, 5.41) is 0.959. The smallest absolute Gasteiger partial charge is 0.429 e. The van der Waals surface area contributed by atoms with Crippen molar-refractivity contribution in [1.29, 1.82) is 0 Å². The van der Waals surface area contributed by atoms with Gasteiger partial charge in [0.2, 0.25) is 0 Å². The number of aromatic nitrogens is 3. The van der Waals surface area contributed by atoms with Gasteiger partial charge in [0.1, 0.15) is 29.9 Å². The second-order valence-corrected chi connectivity index (χ2v) is 7.83. The Kier molecular flexibility index (Phi) is 5.97. The van der Waals surface area contributed by atoms with Crippen molar-refractivity contribution in [2.75, 3.05) is 17.7 Å². The first kappa shape index (κ1) is 22.8. The molecule has 3 aromatic rings. The highest BCUT2D eigenvalue weighted by Crippen LogP contribution is 2.35. The summed E-state index contributed by atoms with van der Waals surface area (Å²) in [4.78, 5) is 31.2. The highest BCUT2D eigenvalue weighted by Gasteiger charge is 2.34. The summed E-state index contributed by atoms with van der Waals surface area (Å²) in [6.07, 6.45) is -0.565. The van der Waals surface area contributed by atoms with Gasteiger partial charge >= 0.3 is 12.3 Å². The van der Waals surface area contributed by atoms with Gasteiger partial charge in [-0.2, -0.15) is 13.2 Å². The van der Waals surface area contributed by atoms with Gasteiger partial charge in [0.25, 0.3) is 0 Å². The summed E-state index contributed by atoms with van der Waals surface area (Å²) in [5.74, 6) is -0.380. The second kappa shape index (κ2) is 8.36. The minimum Gasteiger partial charge on any atom is -0.442 e. The summed E-state index contributed by atoms with van der Waals surface area (Å²) >= 11 is 0. The summed E-state index contributed by atoms with van der Waals surface area (Å²) in [6.45, 7) is 4.78. The van der Waals surface area contributed by atoms with Crippen molar-refractivity contribution in [2.45, 2.75) is 32.5 Å². The molecule has 0 aliphatic carbocycles. The Morgan fingerprint density at radius 1 is 1.25 bits per heavy atom. The number of fused-ring (bicyclic) bond motifs is 1. The molecule has 0 radical (unpaired) electrons. The molecule has 9 nitrogen and oxygen atoms in total. The molecular weight excluding hydrogens is 429 g/mol. The van der Waals surface area contributed by atoms with E-state index in [1.807, 2.05) is 0 Å². The third-order valence-corrected chi connectivity index (χ3v) is 4.13. The van der Waals surface area contributed by atoms with Crippen LogP contribution in [0.2, 0.25) is 0 Å². The number of nitrogen functional groups attached to an aromatic ring is 1. The van der Waals surface area contributed by atoms with Gasteiger partial charge in [0, 0.05) is 23.5 Å². The molecule has 12 heteroatoms. The van der Waals surface area contributed by atoms with E-state index in [-0.39, 0.29) is 17.9 Å². The number of imidazole rings is 1. The van der Waals surface area contributed by atoms with Crippen molar-refractivity contribution in [3.63, 3.8) is 0 Å². The Morgan fingerprint density at radius 2 is 1.97 bits per heavy atom. The highest BCUT2D eigenvalue weighted by atomic mass is 19.4. The number of hydrazine groups is 1. The number of rotatable bonds is 5. The topological polar surface area (TPSA) is 115 Å². The van der Waals surface area contributed by atoms with Gasteiger partial charge in [-0.15, -0.1) is 0 Å². The van der Waals surface area contributed by atoms with E-state index < -0.39 is 29.3 Å². The zero-order valence-electron chi connectivity index (χ0n) is 17.5. The molecule has 32 heavy (non-hydrogen) atoms. The SMILES string of the molecule is CC(C)(C)OC(=O)N(CC=O)Nc1cn2cc(-c3cnc(N)c(C(F)(F)F)c3)ccc2n1. The maximum Gasteiger partial charge on any atom is 0.429 e. The van der Waals surface area contributed by atoms with E-state index in [2.05, 4.69) is 15.4 Å². The van der Waals surface area contributed by atoms with Crippen molar-refractivity contribution in [3.05, 3.63) is 42.4 Å². The molecule has 0 saturated heterocycles. The molecule has 0 unspecified atom stereocenters. The van der Waals surface area contributed by atoms with Crippen molar-refractivity contribution in [2.24, 2.45) is 0 Å². The summed E-state index contributed by atoms with van der Waals surface area (Å²) in [7, 11) is 0. The van der Waals surface area contributed by atoms with E-state index in [4.69, 9.17) is 10.5 Å². The lowest BCUT2D eigenvalue weighted by Crippen LogP contribution is -2.41. The number of nitrogens with zero attached hydrogens (tertiary/aromatic N) is 4. The number of carbonyl (C=O) groups is 2. The molecule has 3 heterocycles. The average Bonchev–Trinajstić information content (AvgIpc) is 3.07. The van der Waals surface area contributed by atoms with Gasteiger partial charge in [0.15, 0.2) is 5.82 Å². The first-order valence-corrected chi connectivity index (χ1v) is 9.40. The zero-order chi connectivity index (χ0) is 23.7. The normalized spacial score (nSPS) is 11.9. The lowest BCUT2D eigenvalue weighted by Gasteiger charge is -2.26. The number of alkyl halides is 3. The number of pyridine rings is 2. The maximum atomic E-state index is 13.1. The summed E-state index contributed by atoms with van der Waals surface area (Å²) < 4.78 is 46.2. The Bertz CT molecular complexity index is 1150. The Hall–Kier alpha value is -3.83. The van der Waals surface area contributed by atoms with Crippen LogP contribution in [0, 0.1) is 0 Å². The van der Waals surface area contributed by atoms with Crippen LogP contribution in [-0.4, -0.2) is 43.9 Å². The Morgan fingerprint density at radius 3 is 2.59 bits per heavy atom. The molecule has 3 aromatic heterocycles. The average molecular weight is 450 g/mol. The minimum absolute atomic E-state index is 0.216. The largest absolute Gasteiger partial charge is 0.442 e. The van der Waals surface area contributed by atoms with Gasteiger partial charge in [-0.05, 0) is 39.0 Å². The van der Waals surface area contributed by atoms with E-state index in [9.17, 15) is 22.8 Å². The molecule has 0 bridgehead atoms. The third kappa shape index (κ3) is 5.25. The monoisotopic (exact) mass is 450 g/mol. The first-order valence-electron chi connectivity index (χ1n) is 9.40. The standard InChI is InChI=1S/C20H21F3N6O3/c1-19(2,3)32-18(31)29(6-7-30)27-15-11-28-10-12(4-5-16(28)26-15)13-8-14(20(21,22)23)17(24)25-9-13/h4-5,7-11,27H,6H2,1-3H3,(H2,24,25). The number of halogens is 3. The van der Waals surface area contributed by atoms with Crippen LogP contribution in [0.1, 0.15) is 26.3 Å². The van der Waals surface area contributed by atoms with Crippen molar-refractivity contribution in [1.82, 2.24) is 19.4 Å². The lowest BCUT2D eigenvalue weighted by atomic mass is 10.1. The van der Waals surface area contributed by atoms with Crippen LogP contribution in [0.25, 0.3) is 16.8 Å². The number of aldehydes is 1. The molecule has 3 N–H and O–H groups in total. The van der Waals surface area contributed by atoms with Gasteiger partial charge in [-0.3, -0.25) is 5.43 Å². The number of hydrogen-bond donors (Lipinski definition) is 2. The molecule has 0 fully saturated rings. The number of ether oxygens (including phenoxy) is 1. The van der Waals surface area contributed by atoms with Crippen LogP contribution in [0.5, 0.6) is 0 Å². The quantitative estimate of drug-likeness (QED) is 0.449. The molecule has 0 aliphatic rings. The minimum atomic E-state index is -4.63. The van der Waals surface area contributed by atoms with Crippen LogP contribution >= 0.6 is 0 Å². The molecule has 0 aromatic carbocycles. The number of nitrogens with two attached hydrogens (primary N) is 1. The van der Waals surface area contributed by atoms with E-state index in [0.717, 1.165) is 11.1 Å². The summed E-state index contributed by atoms with van der Waals surface area (Å²) in [6, 6.07) is 4.09. The Labute approximate surface area is 181 Å². The van der Waals surface area contributed by atoms with Gasteiger partial charge in [-0.25, -0.2) is 19.8 Å². The van der Waals surface area contributed by atoms with Crippen molar-refractivity contribution in [3.8, 4) is 11.1 Å². The highest BCUT2D eigenvalue weighted by molar-refractivity contribution is 5.74. The molecule has 170 valence electrons. The van der Waals surface area contributed by atoms with E-state index in [1.54, 1.807) is 43.5 Å². The first-order chi connectivity index (χ1) is 14.9. The lowest BCUT2D eigenvalue weighted by molar-refractivity contribution is -0.137. The van der Waals surface area contributed by atoms with Gasteiger partial charge < -0.3 is 19.7 Å². The van der Waals surface area contributed by atoms with Crippen LogP contribution in [0.4, 0.5) is 29.6 Å². The molecule has 0 saturated carbocycles. The Balaban J connectivity index is 1.89. The molecular formula is C20H21F3N6O3. The van der Waals surface area contributed by atoms with Gasteiger partial charge in [0.05, 0.1) is 11.8 Å². The fourth-order valence-electron chi connectivity index (χ4n) is 2.77. The third-order valence-electron chi connectivity index (χ3n) is 4.13. The predicted octanol–water partition coefficient (Wildman–Crippen LogP) is 3.76. The fourth-order valence-corrected chi connectivity index (χ4v) is 2.77. The number of amides is 1. The molecule has 0 atom stereocenters. The number of nitrogens with one attached hydrogen (secondary N) is 1. The molecule has 0 aliphatic heterocycles. The molecule has 1 amide bonds. The van der Waals surface area contributed by atoms with E-state index >= 15 is 0 Å². The maximum absolute atomic E-state index is 13.1.